The van der Waals surface area contributed by atoms with Crippen LogP contribution >= 0.6 is 11.6 Å². The number of anilines is 1. The number of carbonyl (C=O) groups excluding carboxylic acids is 1. The van der Waals surface area contributed by atoms with Crippen LogP contribution in [-0.4, -0.2) is 56.8 Å². The third-order valence-corrected chi connectivity index (χ3v) is 4.37. The number of benzene rings is 1. The lowest BCUT2D eigenvalue weighted by molar-refractivity contribution is -0.129. The van der Waals surface area contributed by atoms with Crippen LogP contribution in [0.2, 0.25) is 5.02 Å². The van der Waals surface area contributed by atoms with Crippen LogP contribution in [0.1, 0.15) is 12.8 Å². The van der Waals surface area contributed by atoms with Gasteiger partial charge in [-0.1, -0.05) is 11.6 Å². The van der Waals surface area contributed by atoms with Crippen molar-refractivity contribution >= 4 is 23.2 Å². The third kappa shape index (κ3) is 3.47. The van der Waals surface area contributed by atoms with E-state index in [1.165, 1.54) is 0 Å². The third-order valence-electron chi connectivity index (χ3n) is 4.13. The smallest absolute Gasteiger partial charge is 0.241 e. The van der Waals surface area contributed by atoms with Gasteiger partial charge in [0.2, 0.25) is 5.91 Å². The maximum Gasteiger partial charge on any atom is 0.241 e. The Hall–Kier alpha value is -1.46. The summed E-state index contributed by atoms with van der Waals surface area (Å²) in [4.78, 5) is 16.2. The van der Waals surface area contributed by atoms with Crippen molar-refractivity contribution in [1.29, 1.82) is 0 Å². The Morgan fingerprint density at radius 2 is 2.32 bits per heavy atom. The highest BCUT2D eigenvalue weighted by Crippen LogP contribution is 2.33. The van der Waals surface area contributed by atoms with Crippen LogP contribution in [0, 0.1) is 0 Å². The minimum atomic E-state index is 0.0864. The number of nitrogens with zero attached hydrogens (tertiary/aromatic N) is 2. The summed E-state index contributed by atoms with van der Waals surface area (Å²) >= 11 is 6.06. The zero-order valence-corrected chi connectivity index (χ0v) is 13.5. The Balaban J connectivity index is 1.63. The van der Waals surface area contributed by atoms with Gasteiger partial charge in [-0.3, -0.25) is 4.79 Å². The summed E-state index contributed by atoms with van der Waals surface area (Å²) in [5.74, 6) is 0.869. The number of rotatable bonds is 4. The Bertz CT molecular complexity index is 546. The number of hydrogen-bond acceptors (Lipinski definition) is 4. The van der Waals surface area contributed by atoms with E-state index in [1.54, 1.807) is 11.0 Å². The second-order valence-corrected chi connectivity index (χ2v) is 6.23. The number of likely N-dealkylation sites (N-methyl/N-ethyl adjacent to an activating group) is 1. The topological polar surface area (TPSA) is 42.0 Å². The van der Waals surface area contributed by atoms with Crippen molar-refractivity contribution in [2.24, 2.45) is 0 Å². The predicted molar refractivity (Wildman–Crippen MR) is 85.8 cm³/mol. The summed E-state index contributed by atoms with van der Waals surface area (Å²) in [7, 11) is 1.84. The molecule has 1 aromatic carbocycles. The molecule has 2 aliphatic rings. The maximum absolute atomic E-state index is 12.4. The van der Waals surface area contributed by atoms with E-state index in [9.17, 15) is 4.79 Å². The Kier molecular flexibility index (Phi) is 4.74. The summed E-state index contributed by atoms with van der Waals surface area (Å²) in [5, 5.41) is 0.648. The molecule has 3 rings (SSSR count). The lowest BCUT2D eigenvalue weighted by Gasteiger charge is -2.32. The monoisotopic (exact) mass is 324 g/mol. The maximum atomic E-state index is 12.4. The van der Waals surface area contributed by atoms with Gasteiger partial charge < -0.3 is 19.3 Å². The van der Waals surface area contributed by atoms with Gasteiger partial charge in [0, 0.05) is 25.2 Å². The van der Waals surface area contributed by atoms with Gasteiger partial charge in [0.15, 0.2) is 0 Å². The molecule has 1 atom stereocenters. The molecule has 1 saturated heterocycles. The minimum absolute atomic E-state index is 0.0864. The molecule has 1 amide bonds. The van der Waals surface area contributed by atoms with Gasteiger partial charge in [-0.15, -0.1) is 0 Å². The number of ether oxygens (including phenoxy) is 2. The normalized spacial score (nSPS) is 20.5. The molecule has 0 aromatic heterocycles. The van der Waals surface area contributed by atoms with E-state index in [2.05, 4.69) is 0 Å². The fourth-order valence-electron chi connectivity index (χ4n) is 2.89. The Morgan fingerprint density at radius 1 is 1.45 bits per heavy atom. The van der Waals surface area contributed by atoms with Crippen molar-refractivity contribution in [2.45, 2.75) is 18.9 Å². The first-order chi connectivity index (χ1) is 10.6. The molecule has 0 unspecified atom stereocenters. The van der Waals surface area contributed by atoms with E-state index in [0.717, 1.165) is 30.9 Å². The lowest BCUT2D eigenvalue weighted by atomic mass is 10.2. The van der Waals surface area contributed by atoms with Gasteiger partial charge in [-0.05, 0) is 31.0 Å². The van der Waals surface area contributed by atoms with E-state index in [-0.39, 0.29) is 12.0 Å². The van der Waals surface area contributed by atoms with E-state index < -0.39 is 0 Å². The van der Waals surface area contributed by atoms with Gasteiger partial charge >= 0.3 is 0 Å². The van der Waals surface area contributed by atoms with Crippen LogP contribution in [0.15, 0.2) is 18.2 Å². The van der Waals surface area contributed by atoms with Gasteiger partial charge in [0.1, 0.15) is 12.4 Å². The molecule has 120 valence electrons. The molecule has 0 aliphatic carbocycles. The Morgan fingerprint density at radius 3 is 3.09 bits per heavy atom. The largest absolute Gasteiger partial charge is 0.490 e. The van der Waals surface area contributed by atoms with Crippen molar-refractivity contribution in [3.63, 3.8) is 0 Å². The lowest BCUT2D eigenvalue weighted by Crippen LogP contribution is -2.44. The zero-order chi connectivity index (χ0) is 15.5. The van der Waals surface area contributed by atoms with Crippen molar-refractivity contribution < 1.29 is 14.3 Å². The standard InChI is InChI=1S/C16H21ClN2O3/c1-18(10-13-3-2-7-21-13)16(20)11-19-6-8-22-15-5-4-12(17)9-14(15)19/h4-5,9,13H,2-3,6-8,10-11H2,1H3/t13-/m0/s1. The number of halogens is 1. The fraction of sp³-hybridized carbons (Fsp3) is 0.562. The first-order valence-electron chi connectivity index (χ1n) is 7.66. The average molecular weight is 325 g/mol. The van der Waals surface area contributed by atoms with Crippen LogP contribution < -0.4 is 9.64 Å². The quantitative estimate of drug-likeness (QED) is 0.851. The second kappa shape index (κ2) is 6.75. The first-order valence-corrected chi connectivity index (χ1v) is 8.04. The van der Waals surface area contributed by atoms with Crippen LogP contribution in [0.25, 0.3) is 0 Å². The zero-order valence-electron chi connectivity index (χ0n) is 12.8. The first kappa shape index (κ1) is 15.4. The minimum Gasteiger partial charge on any atom is -0.490 e. The van der Waals surface area contributed by atoms with Crippen LogP contribution in [0.5, 0.6) is 5.75 Å². The van der Waals surface area contributed by atoms with Crippen LogP contribution in [0.3, 0.4) is 0 Å². The number of amides is 1. The summed E-state index contributed by atoms with van der Waals surface area (Å²) in [6.45, 7) is 3.07. The van der Waals surface area contributed by atoms with Crippen LogP contribution in [0.4, 0.5) is 5.69 Å². The molecule has 0 N–H and O–H groups in total. The summed E-state index contributed by atoms with van der Waals surface area (Å²) in [6.07, 6.45) is 2.30. The molecular weight excluding hydrogens is 304 g/mol. The average Bonchev–Trinajstić information content (AvgIpc) is 3.00. The van der Waals surface area contributed by atoms with Crippen molar-refractivity contribution in [3.8, 4) is 5.75 Å². The molecule has 2 heterocycles. The molecule has 6 heteroatoms. The van der Waals surface area contributed by atoms with Gasteiger partial charge in [-0.25, -0.2) is 0 Å². The molecule has 5 nitrogen and oxygen atoms in total. The molecule has 22 heavy (non-hydrogen) atoms. The molecule has 0 saturated carbocycles. The van der Waals surface area contributed by atoms with E-state index in [1.807, 2.05) is 24.1 Å². The molecule has 0 spiro atoms. The highest BCUT2D eigenvalue weighted by atomic mass is 35.5. The van der Waals surface area contributed by atoms with Gasteiger partial charge in [0.25, 0.3) is 0 Å². The molecular formula is C16H21ClN2O3. The summed E-state index contributed by atoms with van der Waals surface area (Å²) in [5.41, 5.74) is 0.887. The number of carbonyl (C=O) groups is 1. The SMILES string of the molecule is CN(C[C@@H]1CCCO1)C(=O)CN1CCOc2ccc(Cl)cc21. The molecule has 2 aliphatic heterocycles. The summed E-state index contributed by atoms with van der Waals surface area (Å²) < 4.78 is 11.2. The number of hydrogen-bond donors (Lipinski definition) is 0. The van der Waals surface area contributed by atoms with E-state index in [0.29, 0.717) is 31.3 Å². The van der Waals surface area contributed by atoms with Gasteiger partial charge in [-0.2, -0.15) is 0 Å². The van der Waals surface area contributed by atoms with Gasteiger partial charge in [0.05, 0.1) is 24.9 Å². The van der Waals surface area contributed by atoms with E-state index >= 15 is 0 Å². The molecule has 1 fully saturated rings. The van der Waals surface area contributed by atoms with Crippen molar-refractivity contribution in [3.05, 3.63) is 23.2 Å². The highest BCUT2D eigenvalue weighted by Gasteiger charge is 2.24. The second-order valence-electron chi connectivity index (χ2n) is 5.79. The fourth-order valence-corrected chi connectivity index (χ4v) is 3.06. The van der Waals surface area contributed by atoms with Crippen molar-refractivity contribution in [1.82, 2.24) is 4.90 Å². The summed E-state index contributed by atoms with van der Waals surface area (Å²) in [6, 6.07) is 5.50. The van der Waals surface area contributed by atoms with E-state index in [4.69, 9.17) is 21.1 Å². The molecule has 0 bridgehead atoms. The molecule has 0 radical (unpaired) electrons. The van der Waals surface area contributed by atoms with Crippen LogP contribution in [-0.2, 0) is 9.53 Å². The number of fused-ring (bicyclic) bond motifs is 1. The Labute approximate surface area is 135 Å². The van der Waals surface area contributed by atoms with Crippen molar-refractivity contribution in [2.75, 3.05) is 44.8 Å². The predicted octanol–water partition coefficient (Wildman–Crippen LogP) is 2.18. The molecule has 1 aromatic rings. The highest BCUT2D eigenvalue weighted by molar-refractivity contribution is 6.31.